The highest BCUT2D eigenvalue weighted by Gasteiger charge is 2.35. The maximum absolute atomic E-state index is 14.5. The molecule has 3 aromatic carbocycles. The van der Waals surface area contributed by atoms with Crippen LogP contribution in [-0.2, 0) is 25.4 Å². The van der Waals surface area contributed by atoms with Crippen molar-refractivity contribution in [2.75, 3.05) is 0 Å². The van der Waals surface area contributed by atoms with E-state index in [2.05, 4.69) is 4.74 Å². The van der Waals surface area contributed by atoms with E-state index in [0.717, 1.165) is 30.5 Å². The number of rotatable bonds is 9. The summed E-state index contributed by atoms with van der Waals surface area (Å²) in [4.78, 5) is 0. The van der Waals surface area contributed by atoms with E-state index in [4.69, 9.17) is 4.74 Å². The van der Waals surface area contributed by atoms with E-state index in [0.29, 0.717) is 5.56 Å². The summed E-state index contributed by atoms with van der Waals surface area (Å²) in [6.45, 7) is 2.00. The zero-order chi connectivity index (χ0) is 24.9. The topological polar surface area (TPSA) is 18.5 Å². The molecule has 0 aliphatic carbocycles. The van der Waals surface area contributed by atoms with Gasteiger partial charge >= 0.3 is 12.5 Å². The van der Waals surface area contributed by atoms with Crippen LogP contribution in [0.15, 0.2) is 60.7 Å². The van der Waals surface area contributed by atoms with Gasteiger partial charge in [0, 0.05) is 0 Å². The Hall–Kier alpha value is -3.23. The zero-order valence-electron chi connectivity index (χ0n) is 18.1. The van der Waals surface area contributed by atoms with Crippen LogP contribution in [0.2, 0.25) is 0 Å². The average Bonchev–Trinajstić information content (AvgIpc) is 2.76. The second kappa shape index (κ2) is 10.4. The lowest BCUT2D eigenvalue weighted by Gasteiger charge is -2.19. The lowest BCUT2D eigenvalue weighted by molar-refractivity contribution is -0.276. The molecule has 0 atom stereocenters. The third kappa shape index (κ3) is 6.88. The van der Waals surface area contributed by atoms with Crippen LogP contribution in [0.5, 0.6) is 11.5 Å². The summed E-state index contributed by atoms with van der Waals surface area (Å²) >= 11 is 0. The Bertz CT molecular complexity index is 1070. The standard InChI is InChI=1S/C25H21F7O2/c1-2-3-16-6-10-19(11-7-16)24(28,29)33-20-12-8-17(9-13-20)4-5-18-14-21(26)23(22(27)15-18)34-25(30,31)32/h6-15H,2-5H2,1H3. The van der Waals surface area contributed by atoms with E-state index in [-0.39, 0.29) is 29.7 Å². The Morgan fingerprint density at radius 3 is 1.68 bits per heavy atom. The van der Waals surface area contributed by atoms with Crippen molar-refractivity contribution in [2.24, 2.45) is 0 Å². The summed E-state index contributed by atoms with van der Waals surface area (Å²) in [5.74, 6) is -4.53. The number of hydrogen-bond donors (Lipinski definition) is 0. The van der Waals surface area contributed by atoms with Gasteiger partial charge in [-0.05, 0) is 72.4 Å². The van der Waals surface area contributed by atoms with E-state index in [1.807, 2.05) is 6.92 Å². The van der Waals surface area contributed by atoms with Crippen molar-refractivity contribution in [3.05, 3.63) is 94.6 Å². The molecule has 0 radical (unpaired) electrons. The highest BCUT2D eigenvalue weighted by molar-refractivity contribution is 5.33. The van der Waals surface area contributed by atoms with Crippen molar-refractivity contribution in [2.45, 2.75) is 45.1 Å². The third-order valence-corrected chi connectivity index (χ3v) is 4.98. The second-order valence-corrected chi connectivity index (χ2v) is 7.65. The SMILES string of the molecule is CCCc1ccc(C(F)(F)Oc2ccc(CCc3cc(F)c(OC(F)(F)F)c(F)c3)cc2)cc1. The second-order valence-electron chi connectivity index (χ2n) is 7.65. The summed E-state index contributed by atoms with van der Waals surface area (Å²) in [6, 6.07) is 13.1. The van der Waals surface area contributed by atoms with Crippen molar-refractivity contribution in [3.8, 4) is 11.5 Å². The van der Waals surface area contributed by atoms with E-state index in [1.54, 1.807) is 12.1 Å². The van der Waals surface area contributed by atoms with Crippen LogP contribution in [0.25, 0.3) is 0 Å². The number of benzene rings is 3. The van der Waals surface area contributed by atoms with Gasteiger partial charge < -0.3 is 9.47 Å². The summed E-state index contributed by atoms with van der Waals surface area (Å²) in [6.07, 6.45) is -6.71. The smallest absolute Gasteiger partial charge is 0.429 e. The molecule has 0 spiro atoms. The van der Waals surface area contributed by atoms with Crippen LogP contribution in [0.4, 0.5) is 30.7 Å². The molecule has 3 aromatic rings. The molecule has 0 N–H and O–H groups in total. The highest BCUT2D eigenvalue weighted by Crippen LogP contribution is 2.32. The highest BCUT2D eigenvalue weighted by atomic mass is 19.4. The average molecular weight is 486 g/mol. The van der Waals surface area contributed by atoms with Gasteiger partial charge in [-0.25, -0.2) is 8.78 Å². The number of halogens is 7. The molecule has 0 aliphatic rings. The zero-order valence-corrected chi connectivity index (χ0v) is 18.1. The minimum atomic E-state index is -5.22. The largest absolute Gasteiger partial charge is 0.573 e. The summed E-state index contributed by atoms with van der Waals surface area (Å²) in [5.41, 5.74) is 1.44. The van der Waals surface area contributed by atoms with Gasteiger partial charge in [-0.1, -0.05) is 37.6 Å². The van der Waals surface area contributed by atoms with Gasteiger partial charge in [0.1, 0.15) is 5.75 Å². The molecule has 9 heteroatoms. The van der Waals surface area contributed by atoms with E-state index in [9.17, 15) is 30.7 Å². The van der Waals surface area contributed by atoms with Crippen LogP contribution in [0.1, 0.15) is 35.6 Å². The maximum Gasteiger partial charge on any atom is 0.573 e. The predicted molar refractivity (Wildman–Crippen MR) is 112 cm³/mol. The van der Waals surface area contributed by atoms with Crippen molar-refractivity contribution < 1.29 is 40.2 Å². The fraction of sp³-hybridized carbons (Fsp3) is 0.280. The van der Waals surface area contributed by atoms with Gasteiger partial charge in [0.25, 0.3) is 0 Å². The Kier molecular flexibility index (Phi) is 7.74. The number of ether oxygens (including phenoxy) is 2. The first-order chi connectivity index (χ1) is 16.0. The molecule has 34 heavy (non-hydrogen) atoms. The normalized spacial score (nSPS) is 12.0. The van der Waals surface area contributed by atoms with Gasteiger partial charge in [0.2, 0.25) is 5.75 Å². The van der Waals surface area contributed by atoms with Crippen LogP contribution >= 0.6 is 0 Å². The Morgan fingerprint density at radius 1 is 0.647 bits per heavy atom. The third-order valence-electron chi connectivity index (χ3n) is 4.98. The van der Waals surface area contributed by atoms with Gasteiger partial charge in [0.05, 0.1) is 5.56 Å². The van der Waals surface area contributed by atoms with Crippen LogP contribution < -0.4 is 9.47 Å². The van der Waals surface area contributed by atoms with Crippen LogP contribution in [0.3, 0.4) is 0 Å². The molecule has 0 fully saturated rings. The summed E-state index contributed by atoms with van der Waals surface area (Å²) in [7, 11) is 0. The van der Waals surface area contributed by atoms with Crippen molar-refractivity contribution >= 4 is 0 Å². The molecular formula is C25H21F7O2. The molecule has 182 valence electrons. The molecule has 0 bridgehead atoms. The minimum absolute atomic E-state index is 0.0721. The molecule has 0 amide bonds. The molecule has 0 saturated carbocycles. The summed E-state index contributed by atoms with van der Waals surface area (Å²) in [5, 5.41) is 0. The van der Waals surface area contributed by atoms with Gasteiger partial charge in [0.15, 0.2) is 11.6 Å². The Labute approximate surface area is 191 Å². The Morgan fingerprint density at radius 2 is 1.15 bits per heavy atom. The molecule has 2 nitrogen and oxygen atoms in total. The molecule has 0 saturated heterocycles. The monoisotopic (exact) mass is 486 g/mol. The lowest BCUT2D eigenvalue weighted by Crippen LogP contribution is -2.21. The number of hydrogen-bond acceptors (Lipinski definition) is 2. The number of alkyl halides is 5. The Balaban J connectivity index is 1.61. The molecule has 0 aliphatic heterocycles. The molecular weight excluding hydrogens is 465 g/mol. The van der Waals surface area contributed by atoms with E-state index >= 15 is 0 Å². The quantitative estimate of drug-likeness (QED) is 0.288. The summed E-state index contributed by atoms with van der Waals surface area (Å²) < 4.78 is 101. The first kappa shape index (κ1) is 25.4. The minimum Gasteiger partial charge on any atom is -0.429 e. The van der Waals surface area contributed by atoms with E-state index in [1.165, 1.54) is 36.4 Å². The maximum atomic E-state index is 14.5. The van der Waals surface area contributed by atoms with Gasteiger partial charge in [-0.3, -0.25) is 0 Å². The molecule has 0 heterocycles. The van der Waals surface area contributed by atoms with Crippen molar-refractivity contribution in [1.82, 2.24) is 0 Å². The first-order valence-corrected chi connectivity index (χ1v) is 10.5. The fourth-order valence-electron chi connectivity index (χ4n) is 3.34. The van der Waals surface area contributed by atoms with Gasteiger partial charge in [-0.2, -0.15) is 8.78 Å². The molecule has 0 aromatic heterocycles. The van der Waals surface area contributed by atoms with Gasteiger partial charge in [-0.15, -0.1) is 13.2 Å². The number of aryl methyl sites for hydroxylation is 3. The first-order valence-electron chi connectivity index (χ1n) is 10.5. The van der Waals surface area contributed by atoms with Crippen molar-refractivity contribution in [3.63, 3.8) is 0 Å². The van der Waals surface area contributed by atoms with Crippen LogP contribution in [-0.4, -0.2) is 6.36 Å². The fourth-order valence-corrected chi connectivity index (χ4v) is 3.34. The van der Waals surface area contributed by atoms with Crippen LogP contribution in [0, 0.1) is 11.6 Å². The van der Waals surface area contributed by atoms with E-state index < -0.39 is 29.9 Å². The molecule has 3 rings (SSSR count). The lowest BCUT2D eigenvalue weighted by atomic mass is 10.0. The molecule has 0 unspecified atom stereocenters. The van der Waals surface area contributed by atoms with Crippen molar-refractivity contribution in [1.29, 1.82) is 0 Å². The predicted octanol–water partition coefficient (Wildman–Crippen LogP) is 7.73.